The van der Waals surface area contributed by atoms with E-state index in [9.17, 15) is 0 Å². The van der Waals surface area contributed by atoms with Crippen LogP contribution in [0.1, 0.15) is 31.4 Å². The Morgan fingerprint density at radius 1 is 1.16 bits per heavy atom. The summed E-state index contributed by atoms with van der Waals surface area (Å²) in [6.07, 6.45) is 2.20. The average molecular weight is 267 g/mol. The van der Waals surface area contributed by atoms with E-state index >= 15 is 0 Å². The summed E-state index contributed by atoms with van der Waals surface area (Å²) in [5.41, 5.74) is 1.09. The first-order valence-corrected chi connectivity index (χ1v) is 6.63. The molecule has 0 spiro atoms. The minimum atomic E-state index is 0.103. The van der Waals surface area contributed by atoms with Gasteiger partial charge in [0.15, 0.2) is 0 Å². The van der Waals surface area contributed by atoms with Crippen molar-refractivity contribution in [2.45, 2.75) is 31.9 Å². The minimum absolute atomic E-state index is 0.103. The van der Waals surface area contributed by atoms with Crippen molar-refractivity contribution in [2.75, 3.05) is 28.4 Å². The van der Waals surface area contributed by atoms with Crippen molar-refractivity contribution in [3.05, 3.63) is 23.8 Å². The zero-order valence-electron chi connectivity index (χ0n) is 12.5. The van der Waals surface area contributed by atoms with Gasteiger partial charge < -0.3 is 19.5 Å². The zero-order chi connectivity index (χ0) is 14.3. The van der Waals surface area contributed by atoms with Gasteiger partial charge in [-0.3, -0.25) is 0 Å². The summed E-state index contributed by atoms with van der Waals surface area (Å²) in [5.74, 6) is 1.61. The van der Waals surface area contributed by atoms with Gasteiger partial charge in [0.1, 0.15) is 11.5 Å². The molecule has 1 rings (SSSR count). The minimum Gasteiger partial charge on any atom is -0.497 e. The van der Waals surface area contributed by atoms with Crippen molar-refractivity contribution in [3.8, 4) is 11.5 Å². The molecule has 0 aliphatic rings. The van der Waals surface area contributed by atoms with E-state index in [0.717, 1.165) is 29.9 Å². The fourth-order valence-electron chi connectivity index (χ4n) is 2.32. The molecule has 4 heteroatoms. The number of ether oxygens (including phenoxy) is 3. The van der Waals surface area contributed by atoms with Gasteiger partial charge in [0, 0.05) is 18.7 Å². The molecule has 0 amide bonds. The molecule has 0 aliphatic carbocycles. The second kappa shape index (κ2) is 8.02. The second-order valence-corrected chi connectivity index (χ2v) is 4.44. The lowest BCUT2D eigenvalue weighted by Gasteiger charge is -2.27. The normalized spacial score (nSPS) is 13.9. The third kappa shape index (κ3) is 3.85. The molecular formula is C15H25NO3. The topological polar surface area (TPSA) is 39.7 Å². The van der Waals surface area contributed by atoms with Crippen molar-refractivity contribution >= 4 is 0 Å². The van der Waals surface area contributed by atoms with Crippen molar-refractivity contribution in [1.29, 1.82) is 0 Å². The van der Waals surface area contributed by atoms with E-state index in [2.05, 4.69) is 12.2 Å². The highest BCUT2D eigenvalue weighted by Crippen LogP contribution is 2.32. The Bertz CT molecular complexity index is 382. The number of benzene rings is 1. The average Bonchev–Trinajstić information content (AvgIpc) is 2.47. The van der Waals surface area contributed by atoms with Gasteiger partial charge in [-0.2, -0.15) is 0 Å². The van der Waals surface area contributed by atoms with Crippen molar-refractivity contribution < 1.29 is 14.2 Å². The summed E-state index contributed by atoms with van der Waals surface area (Å²) in [6, 6.07) is 5.98. The maximum Gasteiger partial charge on any atom is 0.127 e. The van der Waals surface area contributed by atoms with Gasteiger partial charge in [0.25, 0.3) is 0 Å². The Labute approximate surface area is 116 Å². The Morgan fingerprint density at radius 3 is 2.37 bits per heavy atom. The van der Waals surface area contributed by atoms with Crippen molar-refractivity contribution in [2.24, 2.45) is 0 Å². The van der Waals surface area contributed by atoms with Crippen molar-refractivity contribution in [3.63, 3.8) is 0 Å². The second-order valence-electron chi connectivity index (χ2n) is 4.44. The molecule has 19 heavy (non-hydrogen) atoms. The van der Waals surface area contributed by atoms with Crippen LogP contribution < -0.4 is 14.8 Å². The molecule has 1 N–H and O–H groups in total. The number of nitrogens with one attached hydrogen (secondary N) is 1. The quantitative estimate of drug-likeness (QED) is 0.786. The van der Waals surface area contributed by atoms with Gasteiger partial charge >= 0.3 is 0 Å². The molecule has 1 aromatic rings. The van der Waals surface area contributed by atoms with Gasteiger partial charge in [-0.25, -0.2) is 0 Å². The van der Waals surface area contributed by atoms with E-state index in [4.69, 9.17) is 14.2 Å². The Morgan fingerprint density at radius 2 is 1.89 bits per heavy atom. The molecule has 2 atom stereocenters. The number of hydrogen-bond acceptors (Lipinski definition) is 4. The molecule has 0 radical (unpaired) electrons. The molecular weight excluding hydrogens is 242 g/mol. The summed E-state index contributed by atoms with van der Waals surface area (Å²) in [7, 11) is 7.02. The molecule has 4 nitrogen and oxygen atoms in total. The lowest BCUT2D eigenvalue weighted by molar-refractivity contribution is 0.0622. The highest BCUT2D eigenvalue weighted by Gasteiger charge is 2.24. The molecule has 0 saturated carbocycles. The Balaban J connectivity index is 3.09. The Hall–Kier alpha value is -1.26. The number of methoxy groups -OCH3 is 3. The predicted molar refractivity (Wildman–Crippen MR) is 77.1 cm³/mol. The van der Waals surface area contributed by atoms with Gasteiger partial charge in [-0.05, 0) is 25.6 Å². The molecule has 108 valence electrons. The highest BCUT2D eigenvalue weighted by molar-refractivity contribution is 5.43. The van der Waals surface area contributed by atoms with Crippen LogP contribution in [0.5, 0.6) is 11.5 Å². The maximum atomic E-state index is 5.60. The van der Waals surface area contributed by atoms with Crippen LogP contribution in [-0.2, 0) is 4.74 Å². The fraction of sp³-hybridized carbons (Fsp3) is 0.600. The summed E-state index contributed by atoms with van der Waals surface area (Å²) in [6.45, 7) is 2.16. The lowest BCUT2D eigenvalue weighted by atomic mass is 9.97. The van der Waals surface area contributed by atoms with E-state index in [0.29, 0.717) is 0 Å². The van der Waals surface area contributed by atoms with Crippen LogP contribution in [0.25, 0.3) is 0 Å². The molecule has 0 saturated heterocycles. The van der Waals surface area contributed by atoms with Gasteiger partial charge in [0.2, 0.25) is 0 Å². The van der Waals surface area contributed by atoms with E-state index in [1.807, 2.05) is 25.2 Å². The SMILES string of the molecule is CCCC(OC)C(NC)c1ccc(OC)cc1OC. The fourth-order valence-corrected chi connectivity index (χ4v) is 2.32. The van der Waals surface area contributed by atoms with Gasteiger partial charge in [0.05, 0.1) is 26.4 Å². The van der Waals surface area contributed by atoms with Gasteiger partial charge in [-0.1, -0.05) is 13.3 Å². The molecule has 2 unspecified atom stereocenters. The molecule has 0 fully saturated rings. The third-order valence-electron chi connectivity index (χ3n) is 3.33. The van der Waals surface area contributed by atoms with E-state index in [1.165, 1.54) is 0 Å². The first-order chi connectivity index (χ1) is 9.21. The molecule has 0 aliphatic heterocycles. The van der Waals surface area contributed by atoms with Crippen LogP contribution >= 0.6 is 0 Å². The number of likely N-dealkylation sites (N-methyl/N-ethyl adjacent to an activating group) is 1. The third-order valence-corrected chi connectivity index (χ3v) is 3.33. The van der Waals surface area contributed by atoms with Crippen LogP contribution in [-0.4, -0.2) is 34.5 Å². The van der Waals surface area contributed by atoms with Crippen LogP contribution in [0.15, 0.2) is 18.2 Å². The first kappa shape index (κ1) is 15.8. The molecule has 1 aromatic carbocycles. The van der Waals surface area contributed by atoms with E-state index < -0.39 is 0 Å². The summed E-state index contributed by atoms with van der Waals surface area (Å²) in [4.78, 5) is 0. The standard InChI is InChI=1S/C15H25NO3/c1-6-7-13(18-4)15(16-2)12-9-8-11(17-3)10-14(12)19-5/h8-10,13,15-16H,6-7H2,1-5H3. The number of hydrogen-bond donors (Lipinski definition) is 1. The maximum absolute atomic E-state index is 5.60. The molecule has 0 aromatic heterocycles. The van der Waals surface area contributed by atoms with Gasteiger partial charge in [-0.15, -0.1) is 0 Å². The van der Waals surface area contributed by atoms with Crippen LogP contribution in [0.4, 0.5) is 0 Å². The zero-order valence-corrected chi connectivity index (χ0v) is 12.5. The Kier molecular flexibility index (Phi) is 6.67. The van der Waals surface area contributed by atoms with E-state index in [1.54, 1.807) is 21.3 Å². The van der Waals surface area contributed by atoms with Crippen LogP contribution in [0.2, 0.25) is 0 Å². The molecule has 0 heterocycles. The van der Waals surface area contributed by atoms with Crippen LogP contribution in [0, 0.1) is 0 Å². The summed E-state index contributed by atoms with van der Waals surface area (Å²) >= 11 is 0. The first-order valence-electron chi connectivity index (χ1n) is 6.63. The highest BCUT2D eigenvalue weighted by atomic mass is 16.5. The van der Waals surface area contributed by atoms with Crippen molar-refractivity contribution in [1.82, 2.24) is 5.32 Å². The largest absolute Gasteiger partial charge is 0.497 e. The van der Waals surface area contributed by atoms with Crippen LogP contribution in [0.3, 0.4) is 0 Å². The smallest absolute Gasteiger partial charge is 0.127 e. The number of rotatable bonds is 8. The summed E-state index contributed by atoms with van der Waals surface area (Å²) in [5, 5.41) is 3.32. The van der Waals surface area contributed by atoms with E-state index in [-0.39, 0.29) is 12.1 Å². The predicted octanol–water partition coefficient (Wildman–Crippen LogP) is 2.78. The molecule has 0 bridgehead atoms. The lowest BCUT2D eigenvalue weighted by Crippen LogP contribution is -2.31. The monoisotopic (exact) mass is 267 g/mol. The summed E-state index contributed by atoms with van der Waals surface area (Å²) < 4.78 is 16.3.